The van der Waals surface area contributed by atoms with Crippen LogP contribution in [0.15, 0.2) is 18.2 Å². The molecule has 4 heteroatoms. The Morgan fingerprint density at radius 2 is 1.92 bits per heavy atom. The monoisotopic (exact) mass is 218 g/mol. The van der Waals surface area contributed by atoms with Gasteiger partial charge in [-0.25, -0.2) is 0 Å². The summed E-state index contributed by atoms with van der Waals surface area (Å²) in [5, 5.41) is 1.08. The lowest BCUT2D eigenvalue weighted by atomic mass is 10.1. The maximum Gasteiger partial charge on any atom is 0.0595 e. The third-order valence-electron chi connectivity index (χ3n) is 1.85. The molecule has 13 heavy (non-hydrogen) atoms. The Bertz CT molecular complexity index is 289. The van der Waals surface area contributed by atoms with Crippen LogP contribution in [0.3, 0.4) is 0 Å². The van der Waals surface area contributed by atoms with E-state index in [9.17, 15) is 0 Å². The van der Waals surface area contributed by atoms with Gasteiger partial charge in [0.1, 0.15) is 0 Å². The summed E-state index contributed by atoms with van der Waals surface area (Å²) < 4.78 is 0. The van der Waals surface area contributed by atoms with Crippen LogP contribution in [-0.4, -0.2) is 6.54 Å². The van der Waals surface area contributed by atoms with Crippen molar-refractivity contribution in [1.82, 2.24) is 0 Å². The van der Waals surface area contributed by atoms with Crippen LogP contribution in [-0.2, 0) is 0 Å². The zero-order valence-electron chi connectivity index (χ0n) is 7.13. The van der Waals surface area contributed by atoms with E-state index in [0.29, 0.717) is 16.6 Å². The van der Waals surface area contributed by atoms with E-state index in [1.165, 1.54) is 0 Å². The molecule has 0 amide bonds. The fourth-order valence-electron chi connectivity index (χ4n) is 1.09. The van der Waals surface area contributed by atoms with E-state index in [1.807, 2.05) is 6.07 Å². The molecule has 2 nitrogen and oxygen atoms in total. The highest BCUT2D eigenvalue weighted by Gasteiger charge is 2.06. The lowest BCUT2D eigenvalue weighted by Crippen LogP contribution is -2.15. The Kier molecular flexibility index (Phi) is 4.00. The highest BCUT2D eigenvalue weighted by atomic mass is 35.5. The zero-order chi connectivity index (χ0) is 9.84. The van der Waals surface area contributed by atoms with Gasteiger partial charge in [0, 0.05) is 6.04 Å². The maximum absolute atomic E-state index is 5.84. The molecule has 1 unspecified atom stereocenters. The van der Waals surface area contributed by atoms with Gasteiger partial charge in [-0.3, -0.25) is 0 Å². The Morgan fingerprint density at radius 3 is 2.46 bits per heavy atom. The highest BCUT2D eigenvalue weighted by molar-refractivity contribution is 6.42. The third-order valence-corrected chi connectivity index (χ3v) is 2.59. The molecular weight excluding hydrogens is 207 g/mol. The molecule has 0 bridgehead atoms. The number of rotatable bonds is 3. The summed E-state index contributed by atoms with van der Waals surface area (Å²) in [6.07, 6.45) is 0.748. The topological polar surface area (TPSA) is 52.0 Å². The van der Waals surface area contributed by atoms with Crippen LogP contribution in [0.1, 0.15) is 18.0 Å². The number of benzene rings is 1. The van der Waals surface area contributed by atoms with E-state index in [1.54, 1.807) is 12.1 Å². The summed E-state index contributed by atoms with van der Waals surface area (Å²) in [6.45, 7) is 0.571. The van der Waals surface area contributed by atoms with E-state index >= 15 is 0 Å². The number of halogens is 2. The Morgan fingerprint density at radius 1 is 1.23 bits per heavy atom. The van der Waals surface area contributed by atoms with E-state index in [0.717, 1.165) is 12.0 Å². The quantitative estimate of drug-likeness (QED) is 0.819. The SMILES string of the molecule is NCCC(N)c1ccc(Cl)c(Cl)c1. The van der Waals surface area contributed by atoms with Crippen LogP contribution in [0.25, 0.3) is 0 Å². The fourth-order valence-corrected chi connectivity index (χ4v) is 1.40. The molecule has 1 aromatic carbocycles. The van der Waals surface area contributed by atoms with E-state index < -0.39 is 0 Å². The largest absolute Gasteiger partial charge is 0.330 e. The summed E-state index contributed by atoms with van der Waals surface area (Å²) in [7, 11) is 0. The van der Waals surface area contributed by atoms with Gasteiger partial charge in [0.15, 0.2) is 0 Å². The first-order valence-corrected chi connectivity index (χ1v) is 4.81. The van der Waals surface area contributed by atoms with Gasteiger partial charge >= 0.3 is 0 Å². The second kappa shape index (κ2) is 4.82. The number of hydrogen-bond donors (Lipinski definition) is 2. The molecular formula is C9H12Cl2N2. The van der Waals surface area contributed by atoms with Crippen LogP contribution in [0.4, 0.5) is 0 Å². The minimum atomic E-state index is -0.0558. The zero-order valence-corrected chi connectivity index (χ0v) is 8.65. The average molecular weight is 219 g/mol. The van der Waals surface area contributed by atoms with E-state index in [2.05, 4.69) is 0 Å². The predicted octanol–water partition coefficient (Wildman–Crippen LogP) is 2.34. The van der Waals surface area contributed by atoms with E-state index in [4.69, 9.17) is 34.7 Å². The lowest BCUT2D eigenvalue weighted by molar-refractivity contribution is 0.661. The fraction of sp³-hybridized carbons (Fsp3) is 0.333. The van der Waals surface area contributed by atoms with Crippen molar-refractivity contribution < 1.29 is 0 Å². The van der Waals surface area contributed by atoms with Crippen molar-refractivity contribution in [2.45, 2.75) is 12.5 Å². The first kappa shape index (κ1) is 10.8. The lowest BCUT2D eigenvalue weighted by Gasteiger charge is -2.10. The highest BCUT2D eigenvalue weighted by Crippen LogP contribution is 2.25. The van der Waals surface area contributed by atoms with Crippen LogP contribution in [0.5, 0.6) is 0 Å². The minimum absolute atomic E-state index is 0.0558. The van der Waals surface area contributed by atoms with Gasteiger partial charge in [-0.1, -0.05) is 29.3 Å². The molecule has 0 spiro atoms. The molecule has 0 aliphatic carbocycles. The minimum Gasteiger partial charge on any atom is -0.330 e. The molecule has 4 N–H and O–H groups in total. The van der Waals surface area contributed by atoms with Gasteiger partial charge in [0.2, 0.25) is 0 Å². The molecule has 0 aromatic heterocycles. The first-order valence-electron chi connectivity index (χ1n) is 4.05. The average Bonchev–Trinajstić information content (AvgIpc) is 2.10. The Labute approximate surface area is 87.8 Å². The number of nitrogens with two attached hydrogens (primary N) is 2. The molecule has 0 heterocycles. The summed E-state index contributed by atoms with van der Waals surface area (Å²) in [6, 6.07) is 5.34. The number of hydrogen-bond acceptors (Lipinski definition) is 2. The summed E-state index contributed by atoms with van der Waals surface area (Å²) in [4.78, 5) is 0. The Balaban J connectivity index is 2.84. The van der Waals surface area contributed by atoms with Crippen LogP contribution in [0.2, 0.25) is 10.0 Å². The van der Waals surface area contributed by atoms with Gasteiger partial charge in [-0.05, 0) is 30.7 Å². The van der Waals surface area contributed by atoms with E-state index in [-0.39, 0.29) is 6.04 Å². The maximum atomic E-state index is 5.84. The summed E-state index contributed by atoms with van der Waals surface area (Å²) in [5.41, 5.74) is 12.2. The Hall–Kier alpha value is -0.280. The van der Waals surface area contributed by atoms with Gasteiger partial charge < -0.3 is 11.5 Å². The van der Waals surface area contributed by atoms with Crippen molar-refractivity contribution in [2.75, 3.05) is 6.54 Å². The van der Waals surface area contributed by atoms with Gasteiger partial charge in [0.05, 0.1) is 10.0 Å². The van der Waals surface area contributed by atoms with Crippen LogP contribution in [0, 0.1) is 0 Å². The van der Waals surface area contributed by atoms with Crippen molar-refractivity contribution in [3.63, 3.8) is 0 Å². The molecule has 0 fully saturated rings. The molecule has 1 aromatic rings. The van der Waals surface area contributed by atoms with Crippen LogP contribution >= 0.6 is 23.2 Å². The second-order valence-electron chi connectivity index (χ2n) is 2.86. The summed E-state index contributed by atoms with van der Waals surface area (Å²) in [5.74, 6) is 0. The summed E-state index contributed by atoms with van der Waals surface area (Å²) >= 11 is 11.6. The smallest absolute Gasteiger partial charge is 0.0595 e. The van der Waals surface area contributed by atoms with Crippen molar-refractivity contribution >= 4 is 23.2 Å². The standard InChI is InChI=1S/C9H12Cl2N2/c10-7-2-1-6(5-8(7)11)9(13)3-4-12/h1-2,5,9H,3-4,12-13H2. The van der Waals surface area contributed by atoms with Gasteiger partial charge in [-0.2, -0.15) is 0 Å². The molecule has 0 radical (unpaired) electrons. The molecule has 0 aliphatic rings. The predicted molar refractivity (Wildman–Crippen MR) is 57.1 cm³/mol. The van der Waals surface area contributed by atoms with Gasteiger partial charge in [0.25, 0.3) is 0 Å². The first-order chi connectivity index (χ1) is 6.15. The van der Waals surface area contributed by atoms with Crippen molar-refractivity contribution in [2.24, 2.45) is 11.5 Å². The molecule has 72 valence electrons. The second-order valence-corrected chi connectivity index (χ2v) is 3.67. The van der Waals surface area contributed by atoms with Crippen molar-refractivity contribution in [3.8, 4) is 0 Å². The van der Waals surface area contributed by atoms with Crippen molar-refractivity contribution in [1.29, 1.82) is 0 Å². The van der Waals surface area contributed by atoms with Crippen molar-refractivity contribution in [3.05, 3.63) is 33.8 Å². The molecule has 0 aliphatic heterocycles. The van der Waals surface area contributed by atoms with Gasteiger partial charge in [-0.15, -0.1) is 0 Å². The molecule has 0 saturated heterocycles. The normalized spacial score (nSPS) is 12.9. The molecule has 1 rings (SSSR count). The third kappa shape index (κ3) is 2.85. The molecule has 0 saturated carbocycles. The van der Waals surface area contributed by atoms with Crippen LogP contribution < -0.4 is 11.5 Å². The molecule has 1 atom stereocenters.